The summed E-state index contributed by atoms with van der Waals surface area (Å²) in [6.45, 7) is 1.96. The number of amides is 1. The molecule has 14 atom stereocenters. The van der Waals surface area contributed by atoms with Gasteiger partial charge in [-0.2, -0.15) is 0 Å². The van der Waals surface area contributed by atoms with Crippen LogP contribution < -0.4 is 5.32 Å². The number of aliphatic hydroxyl groups excluding tert-OH is 7. The van der Waals surface area contributed by atoms with Crippen LogP contribution in [0.4, 0.5) is 0 Å². The predicted molar refractivity (Wildman–Crippen MR) is 149 cm³/mol. The molecule has 262 valence electrons. The number of nitrogens with one attached hydrogen (secondary N) is 1. The molecule has 0 spiro atoms. The third-order valence-electron chi connectivity index (χ3n) is 8.14. The van der Waals surface area contributed by atoms with Crippen LogP contribution in [0.2, 0.25) is 0 Å². The Balaban J connectivity index is 1.61. The summed E-state index contributed by atoms with van der Waals surface area (Å²) in [4.78, 5) is 22.6. The highest BCUT2D eigenvalue weighted by molar-refractivity contribution is 5.73. The van der Waals surface area contributed by atoms with E-state index in [4.69, 9.17) is 33.5 Å². The molecule has 17 nitrogen and oxygen atoms in total. The van der Waals surface area contributed by atoms with Crippen molar-refractivity contribution in [3.63, 3.8) is 0 Å². The lowest BCUT2D eigenvalue weighted by Gasteiger charge is -2.47. The Bertz CT molecular complexity index is 914. The van der Waals surface area contributed by atoms with Gasteiger partial charge in [0.05, 0.1) is 19.3 Å². The van der Waals surface area contributed by atoms with Gasteiger partial charge in [0.1, 0.15) is 61.0 Å². The largest absolute Gasteiger partial charge is 0.481 e. The average Bonchev–Trinajstić information content (AvgIpc) is 2.99. The first-order valence-electron chi connectivity index (χ1n) is 15.4. The molecule has 0 unspecified atom stereocenters. The number of rotatable bonds is 16. The monoisotopic (exact) mass is 655 g/mol. The van der Waals surface area contributed by atoms with E-state index in [1.54, 1.807) is 0 Å². The molecule has 3 aliphatic heterocycles. The molecular weight excluding hydrogens is 606 g/mol. The number of ether oxygens (including phenoxy) is 6. The van der Waals surface area contributed by atoms with E-state index in [9.17, 15) is 45.3 Å². The minimum Gasteiger partial charge on any atom is -0.481 e. The lowest BCUT2D eigenvalue weighted by molar-refractivity contribution is -0.377. The molecule has 0 radical (unpaired) electrons. The van der Waals surface area contributed by atoms with Crippen molar-refractivity contribution >= 4 is 11.9 Å². The third kappa shape index (κ3) is 10.5. The number of carboxylic acid groups (broad SMARTS) is 1. The number of aliphatic carboxylic acids is 1. The third-order valence-corrected chi connectivity index (χ3v) is 8.14. The van der Waals surface area contributed by atoms with Crippen molar-refractivity contribution in [3.05, 3.63) is 0 Å². The number of hydrogen-bond donors (Lipinski definition) is 9. The van der Waals surface area contributed by atoms with Gasteiger partial charge in [0.15, 0.2) is 18.9 Å². The molecule has 3 heterocycles. The van der Waals surface area contributed by atoms with Gasteiger partial charge in [-0.05, 0) is 19.8 Å². The van der Waals surface area contributed by atoms with Gasteiger partial charge in [-0.3, -0.25) is 9.59 Å². The van der Waals surface area contributed by atoms with Crippen LogP contribution in [0.1, 0.15) is 58.8 Å². The molecule has 0 aromatic heterocycles. The van der Waals surface area contributed by atoms with E-state index in [-0.39, 0.29) is 19.6 Å². The molecule has 0 bridgehead atoms. The molecule has 3 aliphatic rings. The molecule has 0 aromatic carbocycles. The number of aliphatic hydroxyl groups is 7. The summed E-state index contributed by atoms with van der Waals surface area (Å²) in [6.07, 6.45) is -14.1. The van der Waals surface area contributed by atoms with Gasteiger partial charge in [0.25, 0.3) is 0 Å². The van der Waals surface area contributed by atoms with Crippen LogP contribution in [0.25, 0.3) is 0 Å². The van der Waals surface area contributed by atoms with E-state index in [1.807, 2.05) is 0 Å². The van der Waals surface area contributed by atoms with Crippen LogP contribution in [0.3, 0.4) is 0 Å². The van der Waals surface area contributed by atoms with Gasteiger partial charge in [-0.1, -0.05) is 25.7 Å². The molecule has 0 saturated carbocycles. The van der Waals surface area contributed by atoms with E-state index in [0.717, 1.165) is 25.7 Å². The molecule has 3 fully saturated rings. The summed E-state index contributed by atoms with van der Waals surface area (Å²) in [5.74, 6) is -1.29. The maximum Gasteiger partial charge on any atom is 0.303 e. The SMILES string of the molecule is CC(=O)N[C@H]1[C@H](OCCCCCCCCC(=O)O)OC[C@@H](O[C@@H]2O[C@H](CO)[C@H](O)[C@H](O)[C@H]2O[C@@H]2O[C@@H](C)[C@@H](O)[C@@H](O)[C@@H]2O)[C@@H]1O. The fourth-order valence-electron chi connectivity index (χ4n) is 5.49. The molecule has 3 saturated heterocycles. The van der Waals surface area contributed by atoms with Crippen LogP contribution in [0.15, 0.2) is 0 Å². The van der Waals surface area contributed by atoms with Crippen molar-refractivity contribution in [1.29, 1.82) is 0 Å². The van der Waals surface area contributed by atoms with Gasteiger partial charge in [-0.15, -0.1) is 0 Å². The number of carbonyl (C=O) groups excluding carboxylic acids is 1. The van der Waals surface area contributed by atoms with Crippen molar-refractivity contribution < 1.29 is 78.9 Å². The zero-order chi connectivity index (χ0) is 33.3. The van der Waals surface area contributed by atoms with Crippen LogP contribution in [-0.2, 0) is 38.0 Å². The lowest BCUT2D eigenvalue weighted by atomic mass is 9.97. The topological polar surface area (TPSA) is 263 Å². The number of hydrogen-bond acceptors (Lipinski definition) is 15. The number of carboxylic acids is 1. The summed E-state index contributed by atoms with van der Waals surface area (Å²) in [5.41, 5.74) is 0. The highest BCUT2D eigenvalue weighted by Gasteiger charge is 2.52. The minimum absolute atomic E-state index is 0.150. The molecule has 0 aliphatic carbocycles. The van der Waals surface area contributed by atoms with Crippen molar-refractivity contribution in [3.8, 4) is 0 Å². The Hall–Kier alpha value is -1.58. The minimum atomic E-state index is -1.75. The second kappa shape index (κ2) is 18.1. The maximum absolute atomic E-state index is 12.0. The van der Waals surface area contributed by atoms with Gasteiger partial charge >= 0.3 is 5.97 Å². The molecular formula is C28H49NO16. The normalized spacial score (nSPS) is 40.6. The zero-order valence-electron chi connectivity index (χ0n) is 25.5. The summed E-state index contributed by atoms with van der Waals surface area (Å²) in [6, 6.07) is -1.08. The van der Waals surface area contributed by atoms with Crippen molar-refractivity contribution in [2.45, 2.75) is 145 Å². The Kier molecular flexibility index (Phi) is 15.2. The Labute approximate surface area is 260 Å². The van der Waals surface area contributed by atoms with Gasteiger partial charge < -0.3 is 74.6 Å². The van der Waals surface area contributed by atoms with Gasteiger partial charge in [0, 0.05) is 20.0 Å². The van der Waals surface area contributed by atoms with E-state index < -0.39 is 104 Å². The summed E-state index contributed by atoms with van der Waals surface area (Å²) in [5, 5.41) is 84.1. The van der Waals surface area contributed by atoms with E-state index in [0.29, 0.717) is 12.8 Å². The van der Waals surface area contributed by atoms with Crippen LogP contribution in [0.5, 0.6) is 0 Å². The fourth-order valence-corrected chi connectivity index (χ4v) is 5.49. The number of unbranched alkanes of at least 4 members (excludes halogenated alkanes) is 5. The second-order valence-electron chi connectivity index (χ2n) is 11.7. The second-order valence-corrected chi connectivity index (χ2v) is 11.7. The lowest BCUT2D eigenvalue weighted by Crippen LogP contribution is -2.66. The summed E-state index contributed by atoms with van der Waals surface area (Å²) >= 11 is 0. The first kappa shape index (κ1) is 37.9. The van der Waals surface area contributed by atoms with Crippen molar-refractivity contribution in [1.82, 2.24) is 5.32 Å². The molecule has 9 N–H and O–H groups in total. The standard InChI is InChI=1S/C28H49NO16/c1-13-19(34)22(37)24(39)27(42-13)45-25-23(38)21(36)15(11-30)43-28(25)44-16-12-41-26(18(20(16)35)29-14(2)31)40-10-8-6-4-3-5-7-9-17(32)33/h13,15-16,18-28,30,34-39H,3-12H2,1-2H3,(H,29,31)(H,32,33)/t13-,15+,16+,18+,19+,20-,21-,22+,23-,24-,25+,26+,27-,28-/m0/s1. The van der Waals surface area contributed by atoms with Crippen LogP contribution in [-0.4, -0.2) is 159 Å². The first-order valence-corrected chi connectivity index (χ1v) is 15.4. The fraction of sp³-hybridized carbons (Fsp3) is 0.929. The molecule has 17 heteroatoms. The smallest absolute Gasteiger partial charge is 0.303 e. The van der Waals surface area contributed by atoms with E-state index >= 15 is 0 Å². The van der Waals surface area contributed by atoms with Gasteiger partial charge in [0.2, 0.25) is 5.91 Å². The maximum atomic E-state index is 12.0. The molecule has 45 heavy (non-hydrogen) atoms. The molecule has 0 aromatic rings. The Morgan fingerprint density at radius 1 is 0.778 bits per heavy atom. The van der Waals surface area contributed by atoms with E-state index in [2.05, 4.69) is 5.32 Å². The highest BCUT2D eigenvalue weighted by Crippen LogP contribution is 2.31. The van der Waals surface area contributed by atoms with E-state index in [1.165, 1.54) is 13.8 Å². The Morgan fingerprint density at radius 3 is 2.09 bits per heavy atom. The first-order chi connectivity index (χ1) is 21.3. The van der Waals surface area contributed by atoms with Crippen LogP contribution in [0, 0.1) is 0 Å². The van der Waals surface area contributed by atoms with Crippen LogP contribution >= 0.6 is 0 Å². The Morgan fingerprint density at radius 2 is 1.44 bits per heavy atom. The zero-order valence-corrected chi connectivity index (χ0v) is 25.5. The van der Waals surface area contributed by atoms with Crippen molar-refractivity contribution in [2.24, 2.45) is 0 Å². The molecule has 3 rings (SSSR count). The highest BCUT2D eigenvalue weighted by atomic mass is 16.8. The number of carbonyl (C=O) groups is 2. The molecule has 1 amide bonds. The summed E-state index contributed by atoms with van der Waals surface area (Å²) in [7, 11) is 0. The summed E-state index contributed by atoms with van der Waals surface area (Å²) < 4.78 is 34.3. The quantitative estimate of drug-likeness (QED) is 0.0754. The van der Waals surface area contributed by atoms with Gasteiger partial charge in [-0.25, -0.2) is 0 Å². The van der Waals surface area contributed by atoms with Crippen molar-refractivity contribution in [2.75, 3.05) is 19.8 Å². The predicted octanol–water partition coefficient (Wildman–Crippen LogP) is -2.92. The average molecular weight is 656 g/mol.